The van der Waals surface area contributed by atoms with Crippen molar-refractivity contribution in [3.63, 3.8) is 0 Å². The topological polar surface area (TPSA) is 96.0 Å². The van der Waals surface area contributed by atoms with E-state index in [0.717, 1.165) is 0 Å². The Kier molecular flexibility index (Phi) is 7.99. The minimum absolute atomic E-state index is 0.123. The summed E-state index contributed by atoms with van der Waals surface area (Å²) in [5.41, 5.74) is 0.686. The molecule has 1 unspecified atom stereocenters. The molecule has 1 aliphatic heterocycles. The van der Waals surface area contributed by atoms with Crippen molar-refractivity contribution in [2.24, 2.45) is 5.92 Å². The van der Waals surface area contributed by atoms with Crippen LogP contribution in [0.4, 0.5) is 5.69 Å². The number of nitrogens with zero attached hydrogens (tertiary/aromatic N) is 2. The maximum Gasteiger partial charge on any atom is 0.310 e. The van der Waals surface area contributed by atoms with Crippen LogP contribution in [0.5, 0.6) is 0 Å². The van der Waals surface area contributed by atoms with Gasteiger partial charge in [0.15, 0.2) is 0 Å². The molecule has 9 heteroatoms. The summed E-state index contributed by atoms with van der Waals surface area (Å²) in [6, 6.07) is 10.2. The molecule has 1 aromatic carbocycles. The average molecular weight is 458 g/mol. The van der Waals surface area contributed by atoms with Gasteiger partial charge in [-0.15, -0.1) is 11.3 Å². The molecule has 2 heterocycles. The van der Waals surface area contributed by atoms with E-state index in [1.165, 1.54) is 16.2 Å². The van der Waals surface area contributed by atoms with E-state index in [2.05, 4.69) is 5.32 Å². The lowest BCUT2D eigenvalue weighted by atomic mass is 9.98. The van der Waals surface area contributed by atoms with E-state index in [9.17, 15) is 19.2 Å². The second kappa shape index (κ2) is 10.9. The highest BCUT2D eigenvalue weighted by atomic mass is 32.1. The summed E-state index contributed by atoms with van der Waals surface area (Å²) in [4.78, 5) is 53.8. The molecule has 0 bridgehead atoms. The quantitative estimate of drug-likeness (QED) is 0.645. The molecular formula is C23H27N3O5S. The third kappa shape index (κ3) is 5.73. The predicted molar refractivity (Wildman–Crippen MR) is 122 cm³/mol. The summed E-state index contributed by atoms with van der Waals surface area (Å²) in [6.07, 6.45) is 1.40. The van der Waals surface area contributed by atoms with Crippen LogP contribution in [0.15, 0.2) is 41.8 Å². The van der Waals surface area contributed by atoms with Crippen LogP contribution in [-0.2, 0) is 14.3 Å². The number of thiophene rings is 1. The van der Waals surface area contributed by atoms with Crippen LogP contribution < -0.4 is 5.32 Å². The Morgan fingerprint density at radius 3 is 2.69 bits per heavy atom. The fourth-order valence-corrected chi connectivity index (χ4v) is 4.23. The number of esters is 1. The van der Waals surface area contributed by atoms with E-state index in [0.29, 0.717) is 48.7 Å². The van der Waals surface area contributed by atoms with Crippen LogP contribution >= 0.6 is 11.3 Å². The molecule has 0 aliphatic carbocycles. The minimum Gasteiger partial charge on any atom is -0.466 e. The summed E-state index contributed by atoms with van der Waals surface area (Å²) in [5.74, 6) is -1.52. The van der Waals surface area contributed by atoms with Gasteiger partial charge in [-0.25, -0.2) is 0 Å². The molecule has 0 spiro atoms. The summed E-state index contributed by atoms with van der Waals surface area (Å²) >= 11 is 1.31. The Hall–Kier alpha value is -3.20. The maximum atomic E-state index is 13.0. The van der Waals surface area contributed by atoms with Gasteiger partial charge in [0.25, 0.3) is 11.8 Å². The van der Waals surface area contributed by atoms with E-state index in [1.54, 1.807) is 60.6 Å². The van der Waals surface area contributed by atoms with Crippen molar-refractivity contribution in [3.8, 4) is 0 Å². The summed E-state index contributed by atoms with van der Waals surface area (Å²) in [6.45, 7) is 2.78. The number of nitrogens with one attached hydrogen (secondary N) is 1. The van der Waals surface area contributed by atoms with Gasteiger partial charge in [-0.1, -0.05) is 18.2 Å². The summed E-state index contributed by atoms with van der Waals surface area (Å²) in [7, 11) is 1.55. The van der Waals surface area contributed by atoms with E-state index in [4.69, 9.17) is 4.74 Å². The molecule has 0 radical (unpaired) electrons. The number of rotatable bonds is 7. The molecule has 32 heavy (non-hydrogen) atoms. The lowest BCUT2D eigenvalue weighted by Crippen LogP contribution is -2.47. The number of amides is 3. The molecule has 8 nitrogen and oxygen atoms in total. The lowest BCUT2D eigenvalue weighted by Gasteiger charge is -2.32. The van der Waals surface area contributed by atoms with Gasteiger partial charge in [0, 0.05) is 20.1 Å². The van der Waals surface area contributed by atoms with Gasteiger partial charge >= 0.3 is 5.97 Å². The predicted octanol–water partition coefficient (Wildman–Crippen LogP) is 2.87. The molecule has 1 N–H and O–H groups in total. The Morgan fingerprint density at radius 2 is 1.97 bits per heavy atom. The number of likely N-dealkylation sites (tertiary alicyclic amines) is 1. The number of carbonyl (C=O) groups excluding carboxylic acids is 4. The molecule has 1 saturated heterocycles. The van der Waals surface area contributed by atoms with Crippen LogP contribution in [0.2, 0.25) is 0 Å². The Balaban J connectivity index is 1.64. The zero-order chi connectivity index (χ0) is 23.1. The molecule has 1 fully saturated rings. The van der Waals surface area contributed by atoms with E-state index in [-0.39, 0.29) is 36.2 Å². The maximum absolute atomic E-state index is 13.0. The second-order valence-corrected chi connectivity index (χ2v) is 8.52. The van der Waals surface area contributed by atoms with Crippen molar-refractivity contribution < 1.29 is 23.9 Å². The highest BCUT2D eigenvalue weighted by Gasteiger charge is 2.30. The smallest absolute Gasteiger partial charge is 0.310 e. The van der Waals surface area contributed by atoms with Gasteiger partial charge in [-0.05, 0) is 43.3 Å². The Labute approximate surface area is 191 Å². The summed E-state index contributed by atoms with van der Waals surface area (Å²) < 4.78 is 5.08. The molecule has 3 rings (SSSR count). The number of carbonyl (C=O) groups is 4. The molecule has 1 atom stereocenters. The number of hydrogen-bond acceptors (Lipinski definition) is 6. The van der Waals surface area contributed by atoms with E-state index in [1.807, 2.05) is 0 Å². The van der Waals surface area contributed by atoms with Crippen molar-refractivity contribution >= 4 is 40.7 Å². The van der Waals surface area contributed by atoms with Crippen LogP contribution in [0.1, 0.15) is 39.8 Å². The number of anilines is 1. The first-order valence-corrected chi connectivity index (χ1v) is 11.4. The molecule has 1 aromatic heterocycles. The molecule has 2 aromatic rings. The standard InChI is InChI=1S/C23H27N3O5S/c1-3-31-23(30)16-8-6-12-26(14-16)20(27)15-25(2)22(29)17-9-4-5-10-18(17)24-21(28)19-11-7-13-32-19/h4-5,7,9-11,13,16H,3,6,8,12,14-15H2,1-2H3,(H,24,28). The molecule has 0 saturated carbocycles. The summed E-state index contributed by atoms with van der Waals surface area (Å²) in [5, 5.41) is 4.58. The zero-order valence-corrected chi connectivity index (χ0v) is 19.0. The Morgan fingerprint density at radius 1 is 1.19 bits per heavy atom. The molecule has 1 aliphatic rings. The average Bonchev–Trinajstić information content (AvgIpc) is 3.34. The minimum atomic E-state index is -0.376. The molecule has 170 valence electrons. The van der Waals surface area contributed by atoms with Crippen molar-refractivity contribution in [3.05, 3.63) is 52.2 Å². The monoisotopic (exact) mass is 457 g/mol. The zero-order valence-electron chi connectivity index (χ0n) is 18.2. The first-order chi connectivity index (χ1) is 15.4. The number of likely N-dealkylation sites (N-methyl/N-ethyl adjacent to an activating group) is 1. The van der Waals surface area contributed by atoms with Crippen molar-refractivity contribution in [1.29, 1.82) is 0 Å². The van der Waals surface area contributed by atoms with Gasteiger partial charge in [-0.3, -0.25) is 19.2 Å². The van der Waals surface area contributed by atoms with Crippen LogP contribution in [-0.4, -0.2) is 66.8 Å². The number of para-hydroxylation sites is 1. The van der Waals surface area contributed by atoms with Gasteiger partial charge < -0.3 is 19.9 Å². The van der Waals surface area contributed by atoms with E-state index >= 15 is 0 Å². The lowest BCUT2D eigenvalue weighted by molar-refractivity contribution is -0.151. The molecule has 3 amide bonds. The number of ether oxygens (including phenoxy) is 1. The van der Waals surface area contributed by atoms with Crippen molar-refractivity contribution in [2.75, 3.05) is 38.6 Å². The first kappa shape index (κ1) is 23.5. The van der Waals surface area contributed by atoms with Crippen LogP contribution in [0.25, 0.3) is 0 Å². The van der Waals surface area contributed by atoms with Crippen molar-refractivity contribution in [2.45, 2.75) is 19.8 Å². The third-order valence-electron chi connectivity index (χ3n) is 5.26. The number of benzene rings is 1. The first-order valence-electron chi connectivity index (χ1n) is 10.5. The Bertz CT molecular complexity index is 976. The van der Waals surface area contributed by atoms with Crippen molar-refractivity contribution in [1.82, 2.24) is 9.80 Å². The SMILES string of the molecule is CCOC(=O)C1CCCN(C(=O)CN(C)C(=O)c2ccccc2NC(=O)c2cccs2)C1. The fraction of sp³-hybridized carbons (Fsp3) is 0.391. The normalized spacial score (nSPS) is 15.7. The largest absolute Gasteiger partial charge is 0.466 e. The van der Waals surface area contributed by atoms with Gasteiger partial charge in [-0.2, -0.15) is 0 Å². The fourth-order valence-electron chi connectivity index (χ4n) is 3.61. The molecular weight excluding hydrogens is 430 g/mol. The van der Waals surface area contributed by atoms with Gasteiger partial charge in [0.2, 0.25) is 5.91 Å². The second-order valence-electron chi connectivity index (χ2n) is 7.57. The third-order valence-corrected chi connectivity index (χ3v) is 6.13. The number of hydrogen-bond donors (Lipinski definition) is 1. The highest BCUT2D eigenvalue weighted by Crippen LogP contribution is 2.21. The van der Waals surface area contributed by atoms with E-state index < -0.39 is 0 Å². The van der Waals surface area contributed by atoms with Crippen LogP contribution in [0.3, 0.4) is 0 Å². The van der Waals surface area contributed by atoms with Crippen LogP contribution in [0, 0.1) is 5.92 Å². The van der Waals surface area contributed by atoms with Gasteiger partial charge in [0.05, 0.1) is 35.2 Å². The number of piperidine rings is 1. The highest BCUT2D eigenvalue weighted by molar-refractivity contribution is 7.12. The van der Waals surface area contributed by atoms with Gasteiger partial charge in [0.1, 0.15) is 0 Å².